The van der Waals surface area contributed by atoms with Crippen LogP contribution >= 0.6 is 0 Å². The van der Waals surface area contributed by atoms with Crippen molar-refractivity contribution in [2.75, 3.05) is 25.2 Å². The van der Waals surface area contributed by atoms with Gasteiger partial charge in [0.2, 0.25) is 5.72 Å². The zero-order valence-electron chi connectivity index (χ0n) is 16.0. The first kappa shape index (κ1) is 18.3. The number of aliphatic hydroxyl groups is 1. The highest BCUT2D eigenvalue weighted by molar-refractivity contribution is 5.75. The van der Waals surface area contributed by atoms with Gasteiger partial charge in [0.25, 0.3) is 5.69 Å². The summed E-state index contributed by atoms with van der Waals surface area (Å²) in [6, 6.07) is 10.9. The molecule has 2 aromatic carbocycles. The van der Waals surface area contributed by atoms with Gasteiger partial charge >= 0.3 is 0 Å². The molecule has 0 bridgehead atoms. The molecule has 0 amide bonds. The molecule has 0 unspecified atom stereocenters. The second kappa shape index (κ2) is 6.24. The molecule has 1 N–H and O–H groups in total. The fourth-order valence-corrected chi connectivity index (χ4v) is 4.31. The number of β-amino-alcohol motifs (C(OH)–C–C–N with tert-alkyl or cyclic N) is 1. The molecule has 2 aromatic rings. The number of non-ortho nitro benzene ring substituents is 1. The van der Waals surface area contributed by atoms with E-state index >= 15 is 0 Å². The molecular formula is C21H22N2O5. The van der Waals surface area contributed by atoms with E-state index in [1.807, 2.05) is 35.3 Å². The molecule has 0 saturated heterocycles. The van der Waals surface area contributed by atoms with Crippen molar-refractivity contribution in [3.05, 3.63) is 63.7 Å². The Balaban J connectivity index is 1.91. The van der Waals surface area contributed by atoms with Gasteiger partial charge in [-0.25, -0.2) is 0 Å². The Labute approximate surface area is 163 Å². The van der Waals surface area contributed by atoms with Crippen LogP contribution < -0.4 is 14.4 Å². The number of hydrogen-bond donors (Lipinski definition) is 1. The minimum atomic E-state index is -0.893. The third-order valence-electron chi connectivity index (χ3n) is 5.73. The number of fused-ring (bicyclic) bond motifs is 2. The summed E-state index contributed by atoms with van der Waals surface area (Å²) < 4.78 is 12.0. The average molecular weight is 382 g/mol. The lowest BCUT2D eigenvalue weighted by Gasteiger charge is -2.47. The van der Waals surface area contributed by atoms with Gasteiger partial charge in [0.05, 0.1) is 30.1 Å². The van der Waals surface area contributed by atoms with Crippen LogP contribution in [0.3, 0.4) is 0 Å². The lowest BCUT2D eigenvalue weighted by Crippen LogP contribution is -2.60. The number of benzene rings is 2. The van der Waals surface area contributed by atoms with Gasteiger partial charge in [0.15, 0.2) is 11.5 Å². The van der Waals surface area contributed by atoms with Gasteiger partial charge in [-0.05, 0) is 37.6 Å². The maximum Gasteiger partial charge on any atom is 0.274 e. The minimum Gasteiger partial charge on any atom is -0.493 e. The molecule has 2 heterocycles. The Hall–Kier alpha value is -3.06. The molecule has 0 aliphatic carbocycles. The summed E-state index contributed by atoms with van der Waals surface area (Å²) in [7, 11) is 1.47. The first-order chi connectivity index (χ1) is 13.4. The minimum absolute atomic E-state index is 0.0341. The van der Waals surface area contributed by atoms with Gasteiger partial charge in [0, 0.05) is 23.9 Å². The summed E-state index contributed by atoms with van der Waals surface area (Å²) in [5.74, 6) is 0.767. The van der Waals surface area contributed by atoms with E-state index in [1.54, 1.807) is 0 Å². The zero-order valence-corrected chi connectivity index (χ0v) is 16.0. The van der Waals surface area contributed by atoms with E-state index in [1.165, 1.54) is 19.2 Å². The number of nitro groups is 1. The van der Waals surface area contributed by atoms with Crippen molar-refractivity contribution in [3.8, 4) is 11.5 Å². The van der Waals surface area contributed by atoms with Gasteiger partial charge in [-0.3, -0.25) is 10.1 Å². The Kier molecular flexibility index (Phi) is 4.08. The SMILES string of the molecule is COc1cc([N+](=O)[O-])cc2c1O[C@]1(C=C2)N(CCO)c2ccccc2C1(C)C. The van der Waals surface area contributed by atoms with Gasteiger partial charge < -0.3 is 19.5 Å². The van der Waals surface area contributed by atoms with E-state index in [2.05, 4.69) is 19.9 Å². The maximum atomic E-state index is 11.2. The molecule has 0 aromatic heterocycles. The summed E-state index contributed by atoms with van der Waals surface area (Å²) in [6.07, 6.45) is 3.76. The lowest BCUT2D eigenvalue weighted by molar-refractivity contribution is -0.385. The number of ether oxygens (including phenoxy) is 2. The number of methoxy groups -OCH3 is 1. The van der Waals surface area contributed by atoms with Gasteiger partial charge in [-0.15, -0.1) is 0 Å². The molecule has 7 heteroatoms. The molecule has 1 atom stereocenters. The smallest absolute Gasteiger partial charge is 0.274 e. The highest BCUT2D eigenvalue weighted by Gasteiger charge is 2.59. The summed E-state index contributed by atoms with van der Waals surface area (Å²) in [5.41, 5.74) is 1.30. The predicted molar refractivity (Wildman–Crippen MR) is 106 cm³/mol. The molecule has 0 saturated carbocycles. The maximum absolute atomic E-state index is 11.2. The largest absolute Gasteiger partial charge is 0.493 e. The number of para-hydroxylation sites is 1. The normalized spacial score (nSPS) is 21.2. The van der Waals surface area contributed by atoms with Crippen molar-refractivity contribution in [3.63, 3.8) is 0 Å². The molecular weight excluding hydrogens is 360 g/mol. The van der Waals surface area contributed by atoms with E-state index in [9.17, 15) is 15.2 Å². The van der Waals surface area contributed by atoms with Crippen LogP contribution in [0.4, 0.5) is 11.4 Å². The fraction of sp³-hybridized carbons (Fsp3) is 0.333. The Morgan fingerprint density at radius 2 is 2.04 bits per heavy atom. The molecule has 4 rings (SSSR count). The van der Waals surface area contributed by atoms with E-state index < -0.39 is 16.1 Å². The third-order valence-corrected chi connectivity index (χ3v) is 5.73. The van der Waals surface area contributed by atoms with Crippen LogP contribution in [-0.2, 0) is 5.41 Å². The number of nitro benzene ring substituents is 1. The lowest BCUT2D eigenvalue weighted by atomic mass is 9.76. The van der Waals surface area contributed by atoms with E-state index in [-0.39, 0.29) is 12.3 Å². The monoisotopic (exact) mass is 382 g/mol. The van der Waals surface area contributed by atoms with Gasteiger partial charge in [-0.2, -0.15) is 0 Å². The van der Waals surface area contributed by atoms with Crippen LogP contribution in [0, 0.1) is 10.1 Å². The Morgan fingerprint density at radius 1 is 1.29 bits per heavy atom. The van der Waals surface area contributed by atoms with Gasteiger partial charge in [-0.1, -0.05) is 18.2 Å². The average Bonchev–Trinajstić information content (AvgIpc) is 2.86. The summed E-state index contributed by atoms with van der Waals surface area (Å²) in [6.45, 7) is 4.54. The van der Waals surface area contributed by atoms with E-state index in [0.717, 1.165) is 11.3 Å². The van der Waals surface area contributed by atoms with Crippen molar-refractivity contribution >= 4 is 17.5 Å². The number of nitrogens with zero attached hydrogens (tertiary/aromatic N) is 2. The topological polar surface area (TPSA) is 85.1 Å². The molecule has 7 nitrogen and oxygen atoms in total. The highest BCUT2D eigenvalue weighted by atomic mass is 16.6. The molecule has 0 fully saturated rings. The van der Waals surface area contributed by atoms with Crippen LogP contribution in [-0.4, -0.2) is 36.0 Å². The summed E-state index contributed by atoms with van der Waals surface area (Å²) in [5, 5.41) is 21.0. The quantitative estimate of drug-likeness (QED) is 0.644. The number of hydrogen-bond acceptors (Lipinski definition) is 6. The van der Waals surface area contributed by atoms with Crippen molar-refractivity contribution in [2.45, 2.75) is 25.0 Å². The Bertz CT molecular complexity index is 985. The van der Waals surface area contributed by atoms with Crippen molar-refractivity contribution in [2.24, 2.45) is 0 Å². The summed E-state index contributed by atoms with van der Waals surface area (Å²) >= 11 is 0. The Morgan fingerprint density at radius 3 is 2.71 bits per heavy atom. The zero-order chi connectivity index (χ0) is 20.1. The number of anilines is 1. The molecule has 28 heavy (non-hydrogen) atoms. The van der Waals surface area contributed by atoms with Crippen molar-refractivity contribution in [1.29, 1.82) is 0 Å². The standard InChI is InChI=1S/C21H22N2O5/c1-20(2)16-6-4-5-7-17(16)22(10-11-24)21(20)9-8-14-12-15(23(25)26)13-18(27-3)19(14)28-21/h4-9,12-13,24H,10-11H2,1-3H3/t21-/m0/s1. The molecule has 1 spiro atoms. The van der Waals surface area contributed by atoms with Crippen LogP contribution in [0.25, 0.3) is 6.08 Å². The van der Waals surface area contributed by atoms with Crippen LogP contribution in [0.5, 0.6) is 11.5 Å². The second-order valence-corrected chi connectivity index (χ2v) is 7.47. The van der Waals surface area contributed by atoms with Crippen molar-refractivity contribution in [1.82, 2.24) is 0 Å². The molecule has 2 aliphatic rings. The van der Waals surface area contributed by atoms with Gasteiger partial charge in [0.1, 0.15) is 0 Å². The molecule has 2 aliphatic heterocycles. The summed E-state index contributed by atoms with van der Waals surface area (Å²) in [4.78, 5) is 12.8. The first-order valence-corrected chi connectivity index (χ1v) is 9.08. The second-order valence-electron chi connectivity index (χ2n) is 7.47. The van der Waals surface area contributed by atoms with Crippen LogP contribution in [0.2, 0.25) is 0 Å². The van der Waals surface area contributed by atoms with Crippen LogP contribution in [0.1, 0.15) is 25.0 Å². The predicted octanol–water partition coefficient (Wildman–Crippen LogP) is 3.50. The van der Waals surface area contributed by atoms with E-state index in [4.69, 9.17) is 9.47 Å². The fourth-order valence-electron chi connectivity index (χ4n) is 4.31. The third kappa shape index (κ3) is 2.32. The van der Waals surface area contributed by atoms with Crippen molar-refractivity contribution < 1.29 is 19.5 Å². The molecule has 0 radical (unpaired) electrons. The number of rotatable bonds is 4. The first-order valence-electron chi connectivity index (χ1n) is 9.08. The number of aliphatic hydroxyl groups excluding tert-OH is 1. The van der Waals surface area contributed by atoms with Crippen LogP contribution in [0.15, 0.2) is 42.5 Å². The molecule has 146 valence electrons. The highest BCUT2D eigenvalue weighted by Crippen LogP contribution is 2.56. The van der Waals surface area contributed by atoms with E-state index in [0.29, 0.717) is 23.6 Å².